The molecular formula is C25H26F2N2. The fraction of sp³-hybridized carbons (Fsp3) is 0.280. The Labute approximate surface area is 170 Å². The average molecular weight is 392 g/mol. The molecule has 0 aliphatic carbocycles. The number of nitrogens with one attached hydrogen (secondary N) is 1. The second kappa shape index (κ2) is 7.96. The van der Waals surface area contributed by atoms with Gasteiger partial charge < -0.3 is 4.98 Å². The van der Waals surface area contributed by atoms with Crippen molar-refractivity contribution in [3.8, 4) is 0 Å². The number of hydrogen-bond acceptors (Lipinski definition) is 1. The van der Waals surface area contributed by atoms with E-state index in [0.717, 1.165) is 47.1 Å². The summed E-state index contributed by atoms with van der Waals surface area (Å²) >= 11 is 0. The van der Waals surface area contributed by atoms with E-state index in [9.17, 15) is 0 Å². The zero-order valence-corrected chi connectivity index (χ0v) is 16.9. The van der Waals surface area contributed by atoms with Crippen LogP contribution in [0.4, 0.5) is 8.78 Å². The molecule has 2 nitrogen and oxygen atoms in total. The molecule has 2 heterocycles. The summed E-state index contributed by atoms with van der Waals surface area (Å²) in [6, 6.07) is 10.4. The maximum atomic E-state index is 15.2. The van der Waals surface area contributed by atoms with E-state index in [-0.39, 0.29) is 5.56 Å². The summed E-state index contributed by atoms with van der Waals surface area (Å²) in [7, 11) is 0. The van der Waals surface area contributed by atoms with Gasteiger partial charge in [0.2, 0.25) is 0 Å². The molecular weight excluding hydrogens is 366 g/mol. The fourth-order valence-electron chi connectivity index (χ4n) is 4.34. The van der Waals surface area contributed by atoms with E-state index in [1.54, 1.807) is 12.2 Å². The molecule has 2 aromatic carbocycles. The van der Waals surface area contributed by atoms with Crippen LogP contribution in [0.2, 0.25) is 0 Å². The molecule has 1 N–H and O–H groups in total. The number of hydrogen-bond donors (Lipinski definition) is 1. The minimum atomic E-state index is -0.512. The Kier molecular flexibility index (Phi) is 5.37. The number of allylic oxidation sites excluding steroid dienone is 1. The molecule has 1 aliphatic rings. The van der Waals surface area contributed by atoms with E-state index < -0.39 is 17.7 Å². The number of aromatic nitrogens is 1. The smallest absolute Gasteiger partial charge is 0.131 e. The van der Waals surface area contributed by atoms with Crippen LogP contribution in [-0.4, -0.2) is 23.0 Å². The molecule has 0 bridgehead atoms. The van der Waals surface area contributed by atoms with Gasteiger partial charge in [0.05, 0.1) is 6.04 Å². The van der Waals surface area contributed by atoms with Crippen LogP contribution in [-0.2, 0) is 6.42 Å². The van der Waals surface area contributed by atoms with Crippen LogP contribution in [0, 0.1) is 11.6 Å². The van der Waals surface area contributed by atoms with Gasteiger partial charge in [-0.25, -0.2) is 8.78 Å². The van der Waals surface area contributed by atoms with Crippen LogP contribution in [0.3, 0.4) is 0 Å². The van der Waals surface area contributed by atoms with Crippen LogP contribution in [0.5, 0.6) is 0 Å². The molecule has 1 aromatic heterocycles. The number of benzene rings is 2. The Morgan fingerprint density at radius 2 is 1.97 bits per heavy atom. The standard InChI is InChI=1S/C25H26F2N2/c1-4-8-17-13-20(26)23(21(27)14-17)25-24-19(11-12-29(25)15-16(3)5-2)18-9-6-7-10-22(18)28-24/h4,6-10,13-14,25,28H,3,5,11-12,15H2,1-2H3/b8-4+. The van der Waals surface area contributed by atoms with E-state index in [4.69, 9.17) is 0 Å². The number of halogens is 2. The minimum absolute atomic E-state index is 0.106. The number of nitrogens with zero attached hydrogens (tertiary/aromatic N) is 1. The zero-order valence-electron chi connectivity index (χ0n) is 16.9. The maximum absolute atomic E-state index is 15.2. The lowest BCUT2D eigenvalue weighted by atomic mass is 9.90. The first-order chi connectivity index (χ1) is 14.0. The van der Waals surface area contributed by atoms with Crippen molar-refractivity contribution in [3.05, 3.63) is 88.6 Å². The normalized spacial score (nSPS) is 17.2. The van der Waals surface area contributed by atoms with Gasteiger partial charge in [-0.3, -0.25) is 4.90 Å². The molecule has 4 rings (SSSR count). The molecule has 3 aromatic rings. The third-order valence-corrected chi connectivity index (χ3v) is 5.79. The second-order valence-electron chi connectivity index (χ2n) is 7.69. The summed E-state index contributed by atoms with van der Waals surface area (Å²) in [4.78, 5) is 5.60. The highest BCUT2D eigenvalue weighted by atomic mass is 19.1. The Hall–Kier alpha value is -2.72. The highest BCUT2D eigenvalue weighted by Gasteiger charge is 2.35. The van der Waals surface area contributed by atoms with Gasteiger partial charge in [0.15, 0.2) is 0 Å². The van der Waals surface area contributed by atoms with Crippen molar-refractivity contribution >= 4 is 17.0 Å². The summed E-state index contributed by atoms with van der Waals surface area (Å²) < 4.78 is 30.4. The number of para-hydroxylation sites is 1. The third-order valence-electron chi connectivity index (χ3n) is 5.79. The molecule has 4 heteroatoms. The number of fused-ring (bicyclic) bond motifs is 3. The molecule has 0 amide bonds. The largest absolute Gasteiger partial charge is 0.357 e. The summed E-state index contributed by atoms with van der Waals surface area (Å²) in [5.41, 5.74) is 4.74. The SMILES string of the molecule is C=C(CC)CN1CCc2c([nH]c3ccccc23)C1c1c(F)cc(/C=C/C)cc1F. The quantitative estimate of drug-likeness (QED) is 0.498. The first-order valence-corrected chi connectivity index (χ1v) is 10.1. The summed E-state index contributed by atoms with van der Waals surface area (Å²) in [6.45, 7) is 9.37. The highest BCUT2D eigenvalue weighted by Crippen LogP contribution is 2.40. The van der Waals surface area contributed by atoms with E-state index in [2.05, 4.69) is 29.5 Å². The lowest BCUT2D eigenvalue weighted by Crippen LogP contribution is -2.38. The van der Waals surface area contributed by atoms with E-state index in [1.807, 2.05) is 25.1 Å². The summed E-state index contributed by atoms with van der Waals surface area (Å²) in [5, 5.41) is 1.13. The van der Waals surface area contributed by atoms with Crippen LogP contribution < -0.4 is 0 Å². The Morgan fingerprint density at radius 3 is 2.66 bits per heavy atom. The Morgan fingerprint density at radius 1 is 1.24 bits per heavy atom. The molecule has 150 valence electrons. The fourth-order valence-corrected chi connectivity index (χ4v) is 4.34. The van der Waals surface area contributed by atoms with Gasteiger partial charge in [-0.05, 0) is 49.1 Å². The predicted molar refractivity (Wildman–Crippen MR) is 116 cm³/mol. The molecule has 0 saturated heterocycles. The van der Waals surface area contributed by atoms with Crippen molar-refractivity contribution in [2.75, 3.05) is 13.1 Å². The van der Waals surface area contributed by atoms with Gasteiger partial charge in [0.25, 0.3) is 0 Å². The maximum Gasteiger partial charge on any atom is 0.131 e. The lowest BCUT2D eigenvalue weighted by Gasteiger charge is -2.37. The van der Waals surface area contributed by atoms with Crippen molar-refractivity contribution in [2.24, 2.45) is 0 Å². The van der Waals surface area contributed by atoms with Crippen molar-refractivity contribution in [3.63, 3.8) is 0 Å². The van der Waals surface area contributed by atoms with E-state index in [0.29, 0.717) is 12.1 Å². The monoisotopic (exact) mass is 392 g/mol. The van der Waals surface area contributed by atoms with Crippen molar-refractivity contribution in [2.45, 2.75) is 32.7 Å². The Balaban J connectivity index is 1.90. The third kappa shape index (κ3) is 3.53. The molecule has 1 atom stereocenters. The number of rotatable bonds is 5. The second-order valence-corrected chi connectivity index (χ2v) is 7.69. The van der Waals surface area contributed by atoms with Gasteiger partial charge in [0.1, 0.15) is 11.6 Å². The molecule has 29 heavy (non-hydrogen) atoms. The minimum Gasteiger partial charge on any atom is -0.357 e. The summed E-state index contributed by atoms with van der Waals surface area (Å²) in [5.74, 6) is -1.02. The van der Waals surface area contributed by atoms with Crippen LogP contribution >= 0.6 is 0 Å². The predicted octanol–water partition coefficient (Wildman–Crippen LogP) is 6.39. The van der Waals surface area contributed by atoms with Crippen LogP contribution in [0.25, 0.3) is 17.0 Å². The van der Waals surface area contributed by atoms with E-state index >= 15 is 8.78 Å². The van der Waals surface area contributed by atoms with Crippen molar-refractivity contribution in [1.29, 1.82) is 0 Å². The molecule has 0 saturated carbocycles. The highest BCUT2D eigenvalue weighted by molar-refractivity contribution is 5.85. The van der Waals surface area contributed by atoms with Crippen molar-refractivity contribution < 1.29 is 8.78 Å². The van der Waals surface area contributed by atoms with E-state index in [1.165, 1.54) is 12.1 Å². The molecule has 0 radical (unpaired) electrons. The van der Waals surface area contributed by atoms with Crippen LogP contribution in [0.1, 0.15) is 48.7 Å². The van der Waals surface area contributed by atoms with Gasteiger partial charge in [-0.15, -0.1) is 0 Å². The first kappa shape index (κ1) is 19.6. The number of H-pyrrole nitrogens is 1. The van der Waals surface area contributed by atoms with Gasteiger partial charge in [0, 0.05) is 35.2 Å². The topological polar surface area (TPSA) is 19.0 Å². The summed E-state index contributed by atoms with van der Waals surface area (Å²) in [6.07, 6.45) is 5.17. The van der Waals surface area contributed by atoms with Gasteiger partial charge >= 0.3 is 0 Å². The first-order valence-electron chi connectivity index (χ1n) is 10.1. The average Bonchev–Trinajstić information content (AvgIpc) is 3.07. The molecule has 0 spiro atoms. The van der Waals surface area contributed by atoms with Crippen molar-refractivity contribution in [1.82, 2.24) is 9.88 Å². The lowest BCUT2D eigenvalue weighted by molar-refractivity contribution is 0.219. The Bertz CT molecular complexity index is 1070. The molecule has 1 unspecified atom stereocenters. The zero-order chi connectivity index (χ0) is 20.5. The van der Waals surface area contributed by atoms with Gasteiger partial charge in [-0.2, -0.15) is 0 Å². The number of aromatic amines is 1. The van der Waals surface area contributed by atoms with Crippen LogP contribution in [0.15, 0.2) is 54.6 Å². The molecule has 1 aliphatic heterocycles. The molecule has 0 fully saturated rings. The van der Waals surface area contributed by atoms with Gasteiger partial charge in [-0.1, -0.05) is 49.4 Å².